The number of aliphatic carboxylic acids is 1. The van der Waals surface area contributed by atoms with Crippen molar-refractivity contribution in [1.82, 2.24) is 9.97 Å². The third-order valence-electron chi connectivity index (χ3n) is 3.07. The SMILES string of the molecule is Cc1cc(C(C)C)nc(NCC(C(=O)O)C(C)C)n1. The molecule has 1 heterocycles. The Kier molecular flexibility index (Phi) is 5.27. The van der Waals surface area contributed by atoms with Crippen LogP contribution in [-0.4, -0.2) is 27.6 Å². The van der Waals surface area contributed by atoms with Crippen LogP contribution in [0.4, 0.5) is 5.95 Å². The Morgan fingerprint density at radius 2 is 1.95 bits per heavy atom. The van der Waals surface area contributed by atoms with Crippen LogP contribution in [0.1, 0.15) is 45.0 Å². The monoisotopic (exact) mass is 265 g/mol. The first-order valence-electron chi connectivity index (χ1n) is 6.63. The number of aryl methyl sites for hydroxylation is 1. The average Bonchev–Trinajstić information content (AvgIpc) is 2.27. The highest BCUT2D eigenvalue weighted by Crippen LogP contribution is 2.16. The van der Waals surface area contributed by atoms with Gasteiger partial charge in [0.1, 0.15) is 0 Å². The molecule has 0 aliphatic rings. The molecule has 1 rings (SSSR count). The summed E-state index contributed by atoms with van der Waals surface area (Å²) in [6.45, 7) is 10.2. The van der Waals surface area contributed by atoms with E-state index in [1.165, 1.54) is 0 Å². The summed E-state index contributed by atoms with van der Waals surface area (Å²) in [4.78, 5) is 19.8. The number of carboxylic acids is 1. The Hall–Kier alpha value is -1.65. The summed E-state index contributed by atoms with van der Waals surface area (Å²) in [7, 11) is 0. The summed E-state index contributed by atoms with van der Waals surface area (Å²) >= 11 is 0. The molecule has 0 aliphatic carbocycles. The quantitative estimate of drug-likeness (QED) is 0.827. The molecule has 5 heteroatoms. The highest BCUT2D eigenvalue weighted by atomic mass is 16.4. The van der Waals surface area contributed by atoms with Crippen molar-refractivity contribution in [3.8, 4) is 0 Å². The fourth-order valence-corrected chi connectivity index (χ4v) is 1.78. The van der Waals surface area contributed by atoms with Crippen molar-refractivity contribution in [3.63, 3.8) is 0 Å². The molecule has 1 unspecified atom stereocenters. The van der Waals surface area contributed by atoms with Crippen LogP contribution in [0.3, 0.4) is 0 Å². The van der Waals surface area contributed by atoms with E-state index in [9.17, 15) is 4.79 Å². The standard InChI is InChI=1S/C14H23N3O2/c1-8(2)11(13(18)19)7-15-14-16-10(5)6-12(17-14)9(3)4/h6,8-9,11H,7H2,1-5H3,(H,18,19)(H,15,16,17). The number of hydrogen-bond donors (Lipinski definition) is 2. The molecule has 5 nitrogen and oxygen atoms in total. The lowest BCUT2D eigenvalue weighted by Gasteiger charge is -2.17. The molecule has 0 spiro atoms. The highest BCUT2D eigenvalue weighted by molar-refractivity contribution is 5.71. The zero-order chi connectivity index (χ0) is 14.6. The second-order valence-corrected chi connectivity index (χ2v) is 5.48. The van der Waals surface area contributed by atoms with Crippen molar-refractivity contribution < 1.29 is 9.90 Å². The van der Waals surface area contributed by atoms with Gasteiger partial charge in [0, 0.05) is 17.9 Å². The molecule has 0 bridgehead atoms. The zero-order valence-electron chi connectivity index (χ0n) is 12.3. The van der Waals surface area contributed by atoms with Gasteiger partial charge in [-0.25, -0.2) is 9.97 Å². The molecule has 1 aromatic rings. The molecule has 0 fully saturated rings. The second kappa shape index (κ2) is 6.50. The van der Waals surface area contributed by atoms with E-state index in [0.29, 0.717) is 18.4 Å². The van der Waals surface area contributed by atoms with Crippen LogP contribution in [0.25, 0.3) is 0 Å². The van der Waals surface area contributed by atoms with Crippen molar-refractivity contribution in [3.05, 3.63) is 17.5 Å². The van der Waals surface area contributed by atoms with Gasteiger partial charge in [-0.1, -0.05) is 27.7 Å². The number of aromatic nitrogens is 2. The van der Waals surface area contributed by atoms with Crippen LogP contribution in [0.15, 0.2) is 6.07 Å². The number of rotatable bonds is 6. The highest BCUT2D eigenvalue weighted by Gasteiger charge is 2.21. The minimum absolute atomic E-state index is 0.0689. The summed E-state index contributed by atoms with van der Waals surface area (Å²) in [5.41, 5.74) is 1.85. The molecule has 0 saturated heterocycles. The van der Waals surface area contributed by atoms with E-state index >= 15 is 0 Å². The van der Waals surface area contributed by atoms with Crippen LogP contribution < -0.4 is 5.32 Å². The molecular formula is C14H23N3O2. The van der Waals surface area contributed by atoms with E-state index in [4.69, 9.17) is 5.11 Å². The molecule has 0 saturated carbocycles. The van der Waals surface area contributed by atoms with Crippen molar-refractivity contribution in [2.45, 2.75) is 40.5 Å². The molecular weight excluding hydrogens is 242 g/mol. The Bertz CT molecular complexity index is 444. The predicted octanol–water partition coefficient (Wildman–Crippen LogP) is 2.68. The molecule has 1 atom stereocenters. The Labute approximate surface area is 114 Å². The molecule has 0 amide bonds. The lowest BCUT2D eigenvalue weighted by Crippen LogP contribution is -2.28. The first kappa shape index (κ1) is 15.4. The maximum absolute atomic E-state index is 11.1. The summed E-state index contributed by atoms with van der Waals surface area (Å²) in [6.07, 6.45) is 0. The normalized spacial score (nSPS) is 12.8. The van der Waals surface area contributed by atoms with Crippen molar-refractivity contribution in [1.29, 1.82) is 0 Å². The molecule has 0 radical (unpaired) electrons. The van der Waals surface area contributed by atoms with E-state index < -0.39 is 11.9 Å². The van der Waals surface area contributed by atoms with Crippen molar-refractivity contribution in [2.24, 2.45) is 11.8 Å². The van der Waals surface area contributed by atoms with Crippen LogP contribution >= 0.6 is 0 Å². The fraction of sp³-hybridized carbons (Fsp3) is 0.643. The van der Waals surface area contributed by atoms with Gasteiger partial charge in [-0.3, -0.25) is 4.79 Å². The number of anilines is 1. The van der Waals surface area contributed by atoms with Crippen LogP contribution in [0, 0.1) is 18.8 Å². The lowest BCUT2D eigenvalue weighted by molar-refractivity contribution is -0.142. The van der Waals surface area contributed by atoms with E-state index in [0.717, 1.165) is 11.4 Å². The molecule has 106 valence electrons. The minimum Gasteiger partial charge on any atom is -0.481 e. The summed E-state index contributed by atoms with van der Waals surface area (Å²) < 4.78 is 0. The average molecular weight is 265 g/mol. The van der Waals surface area contributed by atoms with Gasteiger partial charge in [-0.15, -0.1) is 0 Å². The topological polar surface area (TPSA) is 75.1 Å². The molecule has 1 aromatic heterocycles. The van der Waals surface area contributed by atoms with Crippen LogP contribution in [0.2, 0.25) is 0 Å². The minimum atomic E-state index is -0.792. The van der Waals surface area contributed by atoms with Gasteiger partial charge in [0.25, 0.3) is 0 Å². The van der Waals surface area contributed by atoms with Gasteiger partial charge in [-0.05, 0) is 24.8 Å². The number of hydrogen-bond acceptors (Lipinski definition) is 4. The van der Waals surface area contributed by atoms with E-state index in [1.807, 2.05) is 26.8 Å². The number of carboxylic acid groups (broad SMARTS) is 1. The van der Waals surface area contributed by atoms with Gasteiger partial charge in [-0.2, -0.15) is 0 Å². The Morgan fingerprint density at radius 1 is 1.32 bits per heavy atom. The van der Waals surface area contributed by atoms with Gasteiger partial charge in [0.2, 0.25) is 5.95 Å². The molecule has 0 aromatic carbocycles. The smallest absolute Gasteiger partial charge is 0.308 e. The van der Waals surface area contributed by atoms with Gasteiger partial charge in [0.15, 0.2) is 0 Å². The first-order valence-corrected chi connectivity index (χ1v) is 6.63. The van der Waals surface area contributed by atoms with Gasteiger partial charge in [0.05, 0.1) is 5.92 Å². The zero-order valence-corrected chi connectivity index (χ0v) is 12.3. The third kappa shape index (κ3) is 4.50. The number of nitrogens with one attached hydrogen (secondary N) is 1. The van der Waals surface area contributed by atoms with Gasteiger partial charge < -0.3 is 10.4 Å². The Balaban J connectivity index is 2.79. The van der Waals surface area contributed by atoms with Crippen LogP contribution in [0.5, 0.6) is 0 Å². The largest absolute Gasteiger partial charge is 0.481 e. The third-order valence-corrected chi connectivity index (χ3v) is 3.07. The predicted molar refractivity (Wildman–Crippen MR) is 75.3 cm³/mol. The van der Waals surface area contributed by atoms with Crippen molar-refractivity contribution >= 4 is 11.9 Å². The maximum Gasteiger partial charge on any atom is 0.308 e. The lowest BCUT2D eigenvalue weighted by atomic mass is 9.96. The Morgan fingerprint density at radius 3 is 2.42 bits per heavy atom. The maximum atomic E-state index is 11.1. The number of carbonyl (C=O) groups is 1. The molecule has 0 aliphatic heterocycles. The van der Waals surface area contributed by atoms with E-state index in [2.05, 4.69) is 29.1 Å². The van der Waals surface area contributed by atoms with E-state index in [-0.39, 0.29) is 5.92 Å². The molecule has 19 heavy (non-hydrogen) atoms. The van der Waals surface area contributed by atoms with Gasteiger partial charge >= 0.3 is 5.97 Å². The fourth-order valence-electron chi connectivity index (χ4n) is 1.78. The summed E-state index contributed by atoms with van der Waals surface area (Å²) in [6, 6.07) is 1.95. The van der Waals surface area contributed by atoms with Crippen molar-refractivity contribution in [2.75, 3.05) is 11.9 Å². The summed E-state index contributed by atoms with van der Waals surface area (Å²) in [5.74, 6) is -0.330. The molecule has 2 N–H and O–H groups in total. The second-order valence-electron chi connectivity index (χ2n) is 5.48. The summed E-state index contributed by atoms with van der Waals surface area (Å²) in [5, 5.41) is 12.2. The van der Waals surface area contributed by atoms with Crippen LogP contribution in [-0.2, 0) is 4.79 Å². The number of nitrogens with zero attached hydrogens (tertiary/aromatic N) is 2. The van der Waals surface area contributed by atoms with E-state index in [1.54, 1.807) is 0 Å². The first-order chi connectivity index (χ1) is 8.81.